The van der Waals surface area contributed by atoms with Crippen LogP contribution in [0.2, 0.25) is 0 Å². The van der Waals surface area contributed by atoms with Gasteiger partial charge in [0.15, 0.2) is 11.6 Å². The number of fused-ring (bicyclic) bond motifs is 1. The molecule has 28 heavy (non-hydrogen) atoms. The maximum Gasteiger partial charge on any atom is 0.278 e. The fourth-order valence-corrected chi connectivity index (χ4v) is 3.01. The van der Waals surface area contributed by atoms with Crippen molar-refractivity contribution in [2.45, 2.75) is 6.92 Å². The molecule has 0 spiro atoms. The quantitative estimate of drug-likeness (QED) is 0.470. The maximum atomic E-state index is 14.0. The van der Waals surface area contributed by atoms with Gasteiger partial charge in [0, 0.05) is 23.2 Å². The summed E-state index contributed by atoms with van der Waals surface area (Å²) < 4.78 is 46.2. The molecule has 140 valence electrons. The molecule has 0 unspecified atom stereocenters. The second-order valence-corrected chi connectivity index (χ2v) is 6.09. The number of benzene rings is 1. The second-order valence-electron chi connectivity index (χ2n) is 6.09. The predicted octanol–water partition coefficient (Wildman–Crippen LogP) is 4.91. The van der Waals surface area contributed by atoms with Gasteiger partial charge in [0.1, 0.15) is 17.1 Å². The van der Waals surface area contributed by atoms with E-state index in [0.29, 0.717) is 16.5 Å². The Kier molecular flexibility index (Phi) is 4.31. The molecule has 1 aromatic carbocycles. The number of pyridine rings is 2. The van der Waals surface area contributed by atoms with Gasteiger partial charge in [-0.2, -0.15) is 4.39 Å². The molecule has 1 amide bonds. The van der Waals surface area contributed by atoms with Crippen LogP contribution in [-0.2, 0) is 4.79 Å². The number of rotatable bonds is 4. The number of halogens is 3. The van der Waals surface area contributed by atoms with Crippen molar-refractivity contribution in [3.63, 3.8) is 0 Å². The Morgan fingerprint density at radius 2 is 1.79 bits per heavy atom. The number of hydrogen-bond donors (Lipinski definition) is 0. The molecule has 0 aliphatic rings. The summed E-state index contributed by atoms with van der Waals surface area (Å²) in [4.78, 5) is 19.8. The van der Waals surface area contributed by atoms with Crippen molar-refractivity contribution >= 4 is 28.9 Å². The first-order valence-electron chi connectivity index (χ1n) is 8.17. The summed E-state index contributed by atoms with van der Waals surface area (Å²) in [6.45, 7) is 1.84. The highest BCUT2D eigenvalue weighted by Gasteiger charge is 2.20. The zero-order chi connectivity index (χ0) is 19.8. The molecule has 0 N–H and O–H groups in total. The van der Waals surface area contributed by atoms with Gasteiger partial charge in [0.2, 0.25) is 6.41 Å². The maximum absolute atomic E-state index is 14.0. The van der Waals surface area contributed by atoms with Crippen molar-refractivity contribution in [1.82, 2.24) is 9.97 Å². The molecule has 5 nitrogen and oxygen atoms in total. The molecule has 0 saturated heterocycles. The zero-order valence-corrected chi connectivity index (χ0v) is 14.5. The van der Waals surface area contributed by atoms with E-state index in [1.165, 1.54) is 18.3 Å². The fourth-order valence-electron chi connectivity index (χ4n) is 3.01. The number of amides is 1. The highest BCUT2D eigenvalue weighted by Crippen LogP contribution is 2.32. The molecule has 0 bridgehead atoms. The summed E-state index contributed by atoms with van der Waals surface area (Å²) in [5, 5.41) is 0.595. The fraction of sp³-hybridized carbons (Fsp3) is 0.0500. The molecule has 0 fully saturated rings. The Labute approximate surface area is 157 Å². The van der Waals surface area contributed by atoms with Crippen LogP contribution in [0.15, 0.2) is 53.3 Å². The molecule has 4 rings (SSSR count). The smallest absolute Gasteiger partial charge is 0.278 e. The van der Waals surface area contributed by atoms with E-state index in [2.05, 4.69) is 9.97 Å². The van der Waals surface area contributed by atoms with Crippen molar-refractivity contribution in [2.24, 2.45) is 0 Å². The van der Waals surface area contributed by atoms with Crippen LogP contribution in [0.4, 0.5) is 24.7 Å². The van der Waals surface area contributed by atoms with E-state index < -0.39 is 23.3 Å². The SMILES string of the molecule is Cc1cc2oc(F)cc2cc1-c1ccc(N(C=O)c2c(F)cncc2F)nc1. The van der Waals surface area contributed by atoms with Crippen molar-refractivity contribution in [3.8, 4) is 11.1 Å². The van der Waals surface area contributed by atoms with Crippen LogP contribution in [-0.4, -0.2) is 16.4 Å². The summed E-state index contributed by atoms with van der Waals surface area (Å²) in [5.74, 6) is -1.93. The number of anilines is 2. The Morgan fingerprint density at radius 3 is 2.43 bits per heavy atom. The molecule has 0 atom stereocenters. The van der Waals surface area contributed by atoms with Gasteiger partial charge in [-0.1, -0.05) is 0 Å². The third-order valence-electron chi connectivity index (χ3n) is 4.31. The molecule has 4 aromatic rings. The van der Waals surface area contributed by atoms with Gasteiger partial charge in [-0.05, 0) is 42.3 Å². The van der Waals surface area contributed by atoms with E-state index >= 15 is 0 Å². The van der Waals surface area contributed by atoms with Crippen LogP contribution in [0.25, 0.3) is 22.1 Å². The summed E-state index contributed by atoms with van der Waals surface area (Å²) >= 11 is 0. The van der Waals surface area contributed by atoms with Crippen LogP contribution >= 0.6 is 0 Å². The second kappa shape index (κ2) is 6.80. The first-order chi connectivity index (χ1) is 13.5. The molecular weight excluding hydrogens is 371 g/mol. The van der Waals surface area contributed by atoms with Gasteiger partial charge in [-0.15, -0.1) is 0 Å². The molecule has 8 heteroatoms. The number of furan rings is 1. The van der Waals surface area contributed by atoms with E-state index in [4.69, 9.17) is 4.42 Å². The van der Waals surface area contributed by atoms with Gasteiger partial charge < -0.3 is 4.42 Å². The van der Waals surface area contributed by atoms with E-state index in [9.17, 15) is 18.0 Å². The summed E-state index contributed by atoms with van der Waals surface area (Å²) in [6.07, 6.45) is 3.36. The first kappa shape index (κ1) is 17.7. The Bertz CT molecular complexity index is 1170. The Hall–Kier alpha value is -3.68. The number of carbonyl (C=O) groups is 1. The third kappa shape index (κ3) is 2.98. The van der Waals surface area contributed by atoms with Crippen LogP contribution in [0.1, 0.15) is 5.56 Å². The Morgan fingerprint density at radius 1 is 1.04 bits per heavy atom. The lowest BCUT2D eigenvalue weighted by molar-refractivity contribution is -0.106. The molecule has 0 radical (unpaired) electrons. The average molecular weight is 383 g/mol. The summed E-state index contributed by atoms with van der Waals surface area (Å²) in [5.41, 5.74) is 2.17. The van der Waals surface area contributed by atoms with E-state index in [1.807, 2.05) is 6.92 Å². The number of aryl methyl sites for hydroxylation is 1. The monoisotopic (exact) mass is 383 g/mol. The van der Waals surface area contributed by atoms with Crippen molar-refractivity contribution in [3.05, 3.63) is 72.1 Å². The molecule has 3 aromatic heterocycles. The number of nitrogens with zero attached hydrogens (tertiary/aromatic N) is 3. The van der Waals surface area contributed by atoms with E-state index in [-0.39, 0.29) is 12.2 Å². The minimum absolute atomic E-state index is 0.0378. The van der Waals surface area contributed by atoms with Crippen molar-refractivity contribution in [2.75, 3.05) is 4.90 Å². The zero-order valence-electron chi connectivity index (χ0n) is 14.5. The molecule has 0 aliphatic carbocycles. The number of aromatic nitrogens is 2. The first-order valence-corrected chi connectivity index (χ1v) is 8.17. The number of hydrogen-bond acceptors (Lipinski definition) is 4. The Balaban J connectivity index is 1.74. The van der Waals surface area contributed by atoms with Crippen LogP contribution in [0, 0.1) is 24.6 Å². The molecular formula is C20H12F3N3O2. The lowest BCUT2D eigenvalue weighted by Gasteiger charge is -2.18. The standard InChI is InChI=1S/C20H12F3N3O2/c1-11-4-17-13(6-18(23)28-17)5-14(11)12-2-3-19(25-7-12)26(10-27)20-15(21)8-24-9-16(20)22/h2-10H,1H3. The summed E-state index contributed by atoms with van der Waals surface area (Å²) in [7, 11) is 0. The highest BCUT2D eigenvalue weighted by molar-refractivity contribution is 5.87. The van der Waals surface area contributed by atoms with E-state index in [1.54, 1.807) is 18.2 Å². The minimum Gasteiger partial charge on any atom is -0.431 e. The van der Waals surface area contributed by atoms with Gasteiger partial charge in [0.05, 0.1) is 12.4 Å². The predicted molar refractivity (Wildman–Crippen MR) is 96.5 cm³/mol. The largest absolute Gasteiger partial charge is 0.431 e. The van der Waals surface area contributed by atoms with Crippen molar-refractivity contribution in [1.29, 1.82) is 0 Å². The molecule has 0 saturated carbocycles. The third-order valence-corrected chi connectivity index (χ3v) is 4.31. The topological polar surface area (TPSA) is 59.2 Å². The molecule has 3 heterocycles. The molecule has 0 aliphatic heterocycles. The van der Waals surface area contributed by atoms with Gasteiger partial charge >= 0.3 is 0 Å². The van der Waals surface area contributed by atoms with E-state index in [0.717, 1.165) is 28.4 Å². The van der Waals surface area contributed by atoms with Crippen LogP contribution in [0.5, 0.6) is 0 Å². The number of carbonyl (C=O) groups excluding carboxylic acids is 1. The van der Waals surface area contributed by atoms with Gasteiger partial charge in [-0.3, -0.25) is 14.7 Å². The van der Waals surface area contributed by atoms with Gasteiger partial charge in [0.25, 0.3) is 6.01 Å². The van der Waals surface area contributed by atoms with Crippen LogP contribution < -0.4 is 4.90 Å². The lowest BCUT2D eigenvalue weighted by Crippen LogP contribution is -2.18. The minimum atomic E-state index is -0.985. The lowest BCUT2D eigenvalue weighted by atomic mass is 10.0. The highest BCUT2D eigenvalue weighted by atomic mass is 19.1. The summed E-state index contributed by atoms with van der Waals surface area (Å²) in [6, 6.07) is 7.18. The average Bonchev–Trinajstić information content (AvgIpc) is 3.03. The van der Waals surface area contributed by atoms with Crippen LogP contribution in [0.3, 0.4) is 0 Å². The normalized spacial score (nSPS) is 11.0. The van der Waals surface area contributed by atoms with Gasteiger partial charge in [-0.25, -0.2) is 13.8 Å². The van der Waals surface area contributed by atoms with Crippen molar-refractivity contribution < 1.29 is 22.4 Å².